The zero-order valence-corrected chi connectivity index (χ0v) is 13.8. The molecule has 0 radical (unpaired) electrons. The number of para-hydroxylation sites is 1. The second-order valence-electron chi connectivity index (χ2n) is 5.65. The fourth-order valence-corrected chi connectivity index (χ4v) is 2.95. The van der Waals surface area contributed by atoms with Crippen LogP contribution in [0.15, 0.2) is 66.2 Å². The Hall–Kier alpha value is -3.48. The van der Waals surface area contributed by atoms with E-state index in [1.807, 2.05) is 6.07 Å². The predicted octanol–water partition coefficient (Wildman–Crippen LogP) is 3.08. The number of carbonyl (C=O) groups is 2. The zero-order chi connectivity index (χ0) is 18.7. The van der Waals surface area contributed by atoms with Gasteiger partial charge in [-0.2, -0.15) is 0 Å². The van der Waals surface area contributed by atoms with Crippen LogP contribution in [-0.4, -0.2) is 24.0 Å². The molecule has 3 rings (SSSR count). The zero-order valence-electron chi connectivity index (χ0n) is 13.8. The highest BCUT2D eigenvalue weighted by Gasteiger charge is 2.39. The lowest BCUT2D eigenvalue weighted by Crippen LogP contribution is -2.28. The van der Waals surface area contributed by atoms with Crippen LogP contribution < -0.4 is 0 Å². The van der Waals surface area contributed by atoms with E-state index >= 15 is 0 Å². The lowest BCUT2D eigenvalue weighted by atomic mass is 9.85. The third-order valence-corrected chi connectivity index (χ3v) is 4.16. The van der Waals surface area contributed by atoms with Gasteiger partial charge in [-0.05, 0) is 11.6 Å². The lowest BCUT2D eigenvalue weighted by molar-refractivity contribution is -0.386. The van der Waals surface area contributed by atoms with Crippen molar-refractivity contribution in [2.45, 2.75) is 12.0 Å². The largest absolute Gasteiger partial charge is 0.465 e. The molecule has 1 heterocycles. The molecule has 2 aromatic carbocycles. The summed E-state index contributed by atoms with van der Waals surface area (Å²) in [4.78, 5) is 35.0. The molecule has 0 aromatic heterocycles. The molecule has 0 saturated heterocycles. The summed E-state index contributed by atoms with van der Waals surface area (Å²) in [5.74, 6) is -2.24. The third kappa shape index (κ3) is 3.19. The van der Waals surface area contributed by atoms with Crippen LogP contribution in [0, 0.1) is 10.1 Å². The molecule has 0 unspecified atom stereocenters. The second kappa shape index (κ2) is 7.18. The van der Waals surface area contributed by atoms with Crippen LogP contribution in [-0.2, 0) is 19.1 Å². The Bertz CT molecular complexity index is 890. The highest BCUT2D eigenvalue weighted by Crippen LogP contribution is 2.42. The number of nitrogens with zero attached hydrogens (tertiary/aromatic N) is 1. The quantitative estimate of drug-likeness (QED) is 0.363. The first-order valence-corrected chi connectivity index (χ1v) is 7.82. The Morgan fingerprint density at radius 1 is 1.12 bits per heavy atom. The fraction of sp³-hybridized carbons (Fsp3) is 0.158. The Kier molecular flexibility index (Phi) is 4.79. The summed E-state index contributed by atoms with van der Waals surface area (Å²) in [7, 11) is 1.17. The molecular formula is C19H15NO6. The van der Waals surface area contributed by atoms with Crippen molar-refractivity contribution in [1.29, 1.82) is 0 Å². The average Bonchev–Trinajstić information content (AvgIpc) is 2.67. The van der Waals surface area contributed by atoms with Gasteiger partial charge in [-0.25, -0.2) is 9.59 Å². The Labute approximate surface area is 149 Å². The molecule has 0 saturated carbocycles. The van der Waals surface area contributed by atoms with Crippen molar-refractivity contribution in [2.75, 3.05) is 7.11 Å². The van der Waals surface area contributed by atoms with Gasteiger partial charge in [0.1, 0.15) is 11.7 Å². The van der Waals surface area contributed by atoms with Crippen LogP contribution in [0.25, 0.3) is 0 Å². The number of benzene rings is 2. The van der Waals surface area contributed by atoms with Crippen molar-refractivity contribution in [1.82, 2.24) is 0 Å². The minimum absolute atomic E-state index is 0.152. The summed E-state index contributed by atoms with van der Waals surface area (Å²) in [5, 5.41) is 11.4. The van der Waals surface area contributed by atoms with Crippen LogP contribution in [0.1, 0.15) is 23.1 Å². The molecule has 132 valence electrons. The summed E-state index contributed by atoms with van der Waals surface area (Å²) >= 11 is 0. The minimum Gasteiger partial charge on any atom is -0.465 e. The molecule has 0 aliphatic carbocycles. The number of nitro groups is 1. The van der Waals surface area contributed by atoms with Crippen molar-refractivity contribution in [3.05, 3.63) is 87.5 Å². The number of nitro benzene ring substituents is 1. The molecule has 0 bridgehead atoms. The number of esters is 2. The summed E-state index contributed by atoms with van der Waals surface area (Å²) in [6.45, 7) is 0. The number of cyclic esters (lactones) is 1. The minimum atomic E-state index is -0.931. The number of rotatable bonds is 4. The Morgan fingerprint density at radius 3 is 2.42 bits per heavy atom. The fourth-order valence-electron chi connectivity index (χ4n) is 2.95. The van der Waals surface area contributed by atoms with Gasteiger partial charge >= 0.3 is 11.9 Å². The van der Waals surface area contributed by atoms with Crippen molar-refractivity contribution in [2.24, 2.45) is 0 Å². The predicted molar refractivity (Wildman–Crippen MR) is 91.2 cm³/mol. The average molecular weight is 353 g/mol. The summed E-state index contributed by atoms with van der Waals surface area (Å²) in [5.41, 5.74) is 0.641. The van der Waals surface area contributed by atoms with Crippen LogP contribution >= 0.6 is 0 Å². The van der Waals surface area contributed by atoms with Gasteiger partial charge in [0.2, 0.25) is 0 Å². The van der Waals surface area contributed by atoms with E-state index in [1.54, 1.807) is 42.5 Å². The van der Waals surface area contributed by atoms with Gasteiger partial charge in [0, 0.05) is 12.0 Å². The molecule has 0 fully saturated rings. The number of ether oxygens (including phenoxy) is 2. The monoisotopic (exact) mass is 353 g/mol. The molecule has 0 spiro atoms. The molecule has 7 nitrogen and oxygen atoms in total. The van der Waals surface area contributed by atoms with Crippen molar-refractivity contribution in [3.63, 3.8) is 0 Å². The van der Waals surface area contributed by atoms with Gasteiger partial charge in [-0.1, -0.05) is 48.5 Å². The van der Waals surface area contributed by atoms with Crippen LogP contribution in [0.2, 0.25) is 0 Å². The first-order valence-electron chi connectivity index (χ1n) is 7.82. The Balaban J connectivity index is 2.15. The lowest BCUT2D eigenvalue weighted by Gasteiger charge is -2.29. The van der Waals surface area contributed by atoms with E-state index in [0.29, 0.717) is 0 Å². The number of carbonyl (C=O) groups excluding carboxylic acids is 2. The molecule has 2 aromatic rings. The summed E-state index contributed by atoms with van der Waals surface area (Å²) < 4.78 is 10.1. The van der Waals surface area contributed by atoms with E-state index in [9.17, 15) is 19.7 Å². The molecule has 1 aliphatic rings. The molecule has 0 N–H and O–H groups in total. The van der Waals surface area contributed by atoms with E-state index in [1.165, 1.54) is 19.3 Å². The third-order valence-electron chi connectivity index (χ3n) is 4.16. The smallest absolute Gasteiger partial charge is 0.345 e. The maximum atomic E-state index is 12.3. The molecular weight excluding hydrogens is 338 g/mol. The molecule has 0 amide bonds. The van der Waals surface area contributed by atoms with Gasteiger partial charge in [0.25, 0.3) is 5.69 Å². The number of hydrogen-bond acceptors (Lipinski definition) is 6. The molecule has 1 aliphatic heterocycles. The van der Waals surface area contributed by atoms with Crippen LogP contribution in [0.4, 0.5) is 5.69 Å². The molecule has 2 atom stereocenters. The first-order chi connectivity index (χ1) is 12.5. The molecule has 7 heteroatoms. The van der Waals surface area contributed by atoms with Gasteiger partial charge in [-0.15, -0.1) is 0 Å². The summed E-state index contributed by atoms with van der Waals surface area (Å²) in [6, 6.07) is 15.1. The van der Waals surface area contributed by atoms with Gasteiger partial charge < -0.3 is 9.47 Å². The van der Waals surface area contributed by atoms with E-state index in [0.717, 1.165) is 5.56 Å². The van der Waals surface area contributed by atoms with Crippen molar-refractivity contribution in [3.8, 4) is 0 Å². The van der Waals surface area contributed by atoms with Gasteiger partial charge in [0.05, 0.1) is 17.6 Å². The maximum absolute atomic E-state index is 12.3. The van der Waals surface area contributed by atoms with Crippen molar-refractivity contribution < 1.29 is 24.0 Å². The van der Waals surface area contributed by atoms with E-state index in [2.05, 4.69) is 4.74 Å². The highest BCUT2D eigenvalue weighted by molar-refractivity contribution is 6.14. The van der Waals surface area contributed by atoms with E-state index in [-0.39, 0.29) is 16.8 Å². The van der Waals surface area contributed by atoms with Gasteiger partial charge in [0.15, 0.2) is 0 Å². The highest BCUT2D eigenvalue weighted by atomic mass is 16.6. The van der Waals surface area contributed by atoms with E-state index in [4.69, 9.17) is 4.74 Å². The van der Waals surface area contributed by atoms with Crippen LogP contribution in [0.5, 0.6) is 0 Å². The van der Waals surface area contributed by atoms with Crippen molar-refractivity contribution >= 4 is 17.6 Å². The Morgan fingerprint density at radius 2 is 1.77 bits per heavy atom. The summed E-state index contributed by atoms with van der Waals surface area (Å²) in [6.07, 6.45) is 0.522. The standard InChI is InChI=1S/C19H15NO6/c1-25-18(21)15-11-14(12-7-3-2-4-8-12)17(26-19(15)22)13-9-5-6-10-16(13)20(23)24/h2-11,14,17H,1H3/t14-,17-/m1/s1. The van der Waals surface area contributed by atoms with Gasteiger partial charge in [-0.3, -0.25) is 10.1 Å². The number of hydrogen-bond donors (Lipinski definition) is 0. The maximum Gasteiger partial charge on any atom is 0.345 e. The van der Waals surface area contributed by atoms with Crippen LogP contribution in [0.3, 0.4) is 0 Å². The topological polar surface area (TPSA) is 95.7 Å². The van der Waals surface area contributed by atoms with E-state index < -0.39 is 28.9 Å². The first kappa shape index (κ1) is 17.3. The molecule has 26 heavy (non-hydrogen) atoms. The normalized spacial score (nSPS) is 19.3. The number of methoxy groups -OCH3 is 1. The second-order valence-corrected chi connectivity index (χ2v) is 5.65. The SMILES string of the molecule is COC(=O)C1=C[C@H](c2ccccc2)[C@@H](c2ccccc2[N+](=O)[O-])OC1=O.